The fourth-order valence-electron chi connectivity index (χ4n) is 2.66. The Hall–Kier alpha value is -1.13. The van der Waals surface area contributed by atoms with Gasteiger partial charge in [-0.25, -0.2) is 0 Å². The van der Waals surface area contributed by atoms with Crippen molar-refractivity contribution in [2.45, 2.75) is 40.5 Å². The van der Waals surface area contributed by atoms with E-state index >= 15 is 0 Å². The van der Waals surface area contributed by atoms with Crippen LogP contribution in [0.2, 0.25) is 0 Å². The van der Waals surface area contributed by atoms with Gasteiger partial charge in [-0.15, -0.1) is 0 Å². The normalized spacial score (nSPS) is 10.8. The second-order valence-electron chi connectivity index (χ2n) is 6.85. The van der Waals surface area contributed by atoms with Crippen molar-refractivity contribution in [2.24, 2.45) is 5.41 Å². The molecule has 0 amide bonds. The van der Waals surface area contributed by atoms with Gasteiger partial charge < -0.3 is 9.59 Å². The van der Waals surface area contributed by atoms with Crippen LogP contribution >= 0.6 is 6.11 Å². The van der Waals surface area contributed by atoms with Gasteiger partial charge in [0.15, 0.2) is 0 Å². The molecule has 0 saturated carbocycles. The van der Waals surface area contributed by atoms with Crippen LogP contribution in [0.3, 0.4) is 0 Å². The third-order valence-corrected chi connectivity index (χ3v) is 7.24. The average molecular weight is 448 g/mol. The fourth-order valence-corrected chi connectivity index (χ4v) is 5.18. The molecule has 0 unspecified atom stereocenters. The van der Waals surface area contributed by atoms with E-state index in [1.165, 1.54) is 10.6 Å². The number of carbonyl (C=O) groups excluding carboxylic acids is 2. The van der Waals surface area contributed by atoms with Crippen molar-refractivity contribution < 1.29 is 28.3 Å². The fraction of sp³-hybridized carbons (Fsp3) is 0.333. The van der Waals surface area contributed by atoms with E-state index in [9.17, 15) is 9.59 Å². The van der Waals surface area contributed by atoms with Gasteiger partial charge in [0.2, 0.25) is 0 Å². The summed E-state index contributed by atoms with van der Waals surface area (Å²) in [5, 5.41) is 2.74. The summed E-state index contributed by atoms with van der Waals surface area (Å²) in [6.45, 7) is 7.00. The third-order valence-electron chi connectivity index (χ3n) is 3.39. The van der Waals surface area contributed by atoms with Gasteiger partial charge in [0.25, 0.3) is 0 Å². The van der Waals surface area contributed by atoms with E-state index in [1.807, 2.05) is 13.8 Å². The molecule has 0 spiro atoms. The maximum atomic E-state index is 10.7. The molecule has 0 saturated heterocycles. The molecule has 0 N–H and O–H groups in total. The zero-order valence-electron chi connectivity index (χ0n) is 15.3. The SMILES string of the molecule is CC(=O)CC(C)(C)CC(C)=O.[Pd][P](c1ccccc1)c1ccccc1. The Bertz CT molecular complexity index is 611. The molecule has 0 fully saturated rings. The zero-order valence-corrected chi connectivity index (χ0v) is 17.7. The van der Waals surface area contributed by atoms with Crippen LogP contribution in [0.4, 0.5) is 0 Å². The van der Waals surface area contributed by atoms with Crippen LogP contribution in [0.5, 0.6) is 0 Å². The summed E-state index contributed by atoms with van der Waals surface area (Å²) in [4.78, 5) is 21.5. The number of hydrogen-bond acceptors (Lipinski definition) is 2. The summed E-state index contributed by atoms with van der Waals surface area (Å²) < 4.78 is 0. The first-order valence-electron chi connectivity index (χ1n) is 8.23. The summed E-state index contributed by atoms with van der Waals surface area (Å²) in [6, 6.07) is 21.1. The quantitative estimate of drug-likeness (QED) is 0.481. The van der Waals surface area contributed by atoms with Crippen molar-refractivity contribution in [3.8, 4) is 0 Å². The van der Waals surface area contributed by atoms with E-state index in [2.05, 4.69) is 79.4 Å². The Morgan fingerprint density at radius 2 is 1.12 bits per heavy atom. The molecule has 0 bridgehead atoms. The molecular weight excluding hydrogens is 422 g/mol. The molecule has 0 radical (unpaired) electrons. The van der Waals surface area contributed by atoms with Gasteiger partial charge in [0.1, 0.15) is 11.6 Å². The van der Waals surface area contributed by atoms with Crippen molar-refractivity contribution in [1.29, 1.82) is 0 Å². The standard InChI is InChI=1S/C12H10P.C9H16O2.Pd/c1-3-7-11(8-4-1)13-12-9-5-2-6-10-12;1-7(10)5-9(3,4)6-8(2)11;/h1-10H;5-6H2,1-4H3;/q-1;;+1. The van der Waals surface area contributed by atoms with E-state index in [1.54, 1.807) is 13.8 Å². The molecular formula is C21H26O2PPd. The summed E-state index contributed by atoms with van der Waals surface area (Å²) in [6.07, 6.45) is 0.664. The molecule has 2 aromatic carbocycles. The van der Waals surface area contributed by atoms with Crippen molar-refractivity contribution in [3.63, 3.8) is 0 Å². The molecule has 0 aliphatic rings. The van der Waals surface area contributed by atoms with Crippen molar-refractivity contribution >= 4 is 28.3 Å². The first-order valence-corrected chi connectivity index (χ1v) is 11.5. The van der Waals surface area contributed by atoms with Gasteiger partial charge in [-0.2, -0.15) is 0 Å². The summed E-state index contributed by atoms with van der Waals surface area (Å²) in [5.74, 6) is 0.299. The Morgan fingerprint density at radius 1 is 0.800 bits per heavy atom. The summed E-state index contributed by atoms with van der Waals surface area (Å²) in [5.41, 5.74) is -0.155. The molecule has 137 valence electrons. The monoisotopic (exact) mass is 447 g/mol. The minimum atomic E-state index is -0.321. The van der Waals surface area contributed by atoms with Crippen LogP contribution in [0.1, 0.15) is 40.5 Å². The number of benzene rings is 2. The topological polar surface area (TPSA) is 34.1 Å². The van der Waals surface area contributed by atoms with Crippen LogP contribution in [-0.4, -0.2) is 11.6 Å². The van der Waals surface area contributed by atoms with Crippen LogP contribution in [0.25, 0.3) is 0 Å². The summed E-state index contributed by atoms with van der Waals surface area (Å²) in [7, 11) is 0. The molecule has 0 aliphatic heterocycles. The van der Waals surface area contributed by atoms with Crippen LogP contribution in [0, 0.1) is 5.41 Å². The van der Waals surface area contributed by atoms with E-state index in [-0.39, 0.29) is 23.1 Å². The van der Waals surface area contributed by atoms with Gasteiger partial charge >= 0.3 is 96.1 Å². The predicted molar refractivity (Wildman–Crippen MR) is 103 cm³/mol. The Kier molecular flexibility index (Phi) is 9.44. The predicted octanol–water partition coefficient (Wildman–Crippen LogP) is 4.55. The molecule has 0 aromatic heterocycles. The number of Topliss-reactive ketones (excluding diaryl/α,β-unsaturated/α-hetero) is 2. The van der Waals surface area contributed by atoms with Gasteiger partial charge in [-0.05, 0) is 19.3 Å². The first kappa shape index (κ1) is 21.9. The summed E-state index contributed by atoms with van der Waals surface area (Å²) >= 11 is 3.47. The van der Waals surface area contributed by atoms with Crippen LogP contribution in [0.15, 0.2) is 60.7 Å². The van der Waals surface area contributed by atoms with E-state index < -0.39 is 0 Å². The van der Waals surface area contributed by atoms with Crippen molar-refractivity contribution in [2.75, 3.05) is 0 Å². The minimum absolute atomic E-state index is 0.149. The van der Waals surface area contributed by atoms with E-state index in [4.69, 9.17) is 0 Å². The van der Waals surface area contributed by atoms with Gasteiger partial charge in [0, 0.05) is 12.8 Å². The molecule has 2 aromatic rings. The molecule has 4 heteroatoms. The number of ketones is 2. The molecule has 0 heterocycles. The van der Waals surface area contributed by atoms with Crippen LogP contribution in [-0.2, 0) is 28.3 Å². The number of hydrogen-bond donors (Lipinski definition) is 0. The molecule has 0 aliphatic carbocycles. The molecule has 2 nitrogen and oxygen atoms in total. The first-order chi connectivity index (χ1) is 11.7. The van der Waals surface area contributed by atoms with Gasteiger partial charge in [-0.1, -0.05) is 13.8 Å². The maximum absolute atomic E-state index is 10.7. The Morgan fingerprint density at radius 3 is 1.40 bits per heavy atom. The Balaban J connectivity index is 0.000000260. The number of rotatable bonds is 6. The second kappa shape index (κ2) is 10.8. The van der Waals surface area contributed by atoms with Crippen LogP contribution < -0.4 is 10.6 Å². The Labute approximate surface area is 163 Å². The molecule has 25 heavy (non-hydrogen) atoms. The molecule has 0 atom stereocenters. The number of carbonyl (C=O) groups is 2. The second-order valence-corrected chi connectivity index (χ2v) is 10.5. The van der Waals surface area contributed by atoms with Gasteiger partial charge in [0.05, 0.1) is 0 Å². The van der Waals surface area contributed by atoms with E-state index in [0.29, 0.717) is 12.8 Å². The van der Waals surface area contributed by atoms with Gasteiger partial charge in [-0.3, -0.25) is 0 Å². The molecule has 2 rings (SSSR count). The van der Waals surface area contributed by atoms with E-state index in [0.717, 1.165) is 0 Å². The average Bonchev–Trinajstić information content (AvgIpc) is 2.54. The van der Waals surface area contributed by atoms with Crippen molar-refractivity contribution in [3.05, 3.63) is 60.7 Å². The third kappa shape index (κ3) is 9.22. The zero-order chi connectivity index (χ0) is 18.9. The van der Waals surface area contributed by atoms with Crippen molar-refractivity contribution in [1.82, 2.24) is 0 Å².